The summed E-state index contributed by atoms with van der Waals surface area (Å²) in [5.74, 6) is 0. The van der Waals surface area contributed by atoms with Crippen molar-refractivity contribution in [3.05, 3.63) is 48.4 Å². The number of benzene rings is 1. The highest BCUT2D eigenvalue weighted by atomic mass is 16.5. The molecule has 4 heteroatoms. The van der Waals surface area contributed by atoms with E-state index in [0.29, 0.717) is 0 Å². The average Bonchev–Trinajstić information content (AvgIpc) is 2.66. The number of hydrazine groups is 1. The Morgan fingerprint density at radius 1 is 1.14 bits per heavy atom. The molecule has 2 N–H and O–H groups in total. The summed E-state index contributed by atoms with van der Waals surface area (Å²) < 4.78 is 0. The van der Waals surface area contributed by atoms with Crippen LogP contribution in [0, 0.1) is 0 Å². The number of hydroxylamine groups is 1. The monoisotopic (exact) mass is 187 g/mol. The fourth-order valence-corrected chi connectivity index (χ4v) is 1.70. The Kier molecular flexibility index (Phi) is 1.35. The predicted octanol–water partition coefficient (Wildman–Crippen LogP) is 1.58. The summed E-state index contributed by atoms with van der Waals surface area (Å²) in [5, 5.41) is 12.7. The second kappa shape index (κ2) is 2.52. The standard InChI is InChI=1S/C10H9N3O/c14-12-7-8-5-6-11-13(8)10-4-2-1-3-9(10)12/h1-7,11,14H. The predicted molar refractivity (Wildman–Crippen MR) is 53.5 cm³/mol. The summed E-state index contributed by atoms with van der Waals surface area (Å²) in [6, 6.07) is 7.65. The quantitative estimate of drug-likeness (QED) is 0.646. The maximum Gasteiger partial charge on any atom is 0.0943 e. The molecule has 0 saturated carbocycles. The third kappa shape index (κ3) is 0.856. The number of hydrogen-bond donors (Lipinski definition) is 2. The first-order chi connectivity index (χ1) is 6.86. The van der Waals surface area contributed by atoms with Crippen molar-refractivity contribution in [2.24, 2.45) is 0 Å². The molecule has 0 aliphatic carbocycles. The zero-order valence-electron chi connectivity index (χ0n) is 7.38. The minimum absolute atomic E-state index is 0.771. The van der Waals surface area contributed by atoms with Crippen LogP contribution in [-0.4, -0.2) is 5.21 Å². The summed E-state index contributed by atoms with van der Waals surface area (Å²) in [4.78, 5) is 0. The van der Waals surface area contributed by atoms with Gasteiger partial charge in [0.05, 0.1) is 23.3 Å². The molecule has 70 valence electrons. The Hall–Kier alpha value is -1.94. The molecule has 0 aromatic heterocycles. The largest absolute Gasteiger partial charge is 0.301 e. The zero-order chi connectivity index (χ0) is 9.54. The average molecular weight is 187 g/mol. The molecule has 3 rings (SSSR count). The van der Waals surface area contributed by atoms with Crippen molar-refractivity contribution in [3.8, 4) is 0 Å². The van der Waals surface area contributed by atoms with E-state index in [9.17, 15) is 5.21 Å². The molecule has 0 unspecified atom stereocenters. The van der Waals surface area contributed by atoms with Gasteiger partial charge in [0.25, 0.3) is 0 Å². The number of allylic oxidation sites excluding steroid dienone is 1. The van der Waals surface area contributed by atoms with Crippen molar-refractivity contribution >= 4 is 11.4 Å². The highest BCUT2D eigenvalue weighted by Crippen LogP contribution is 2.35. The van der Waals surface area contributed by atoms with Crippen LogP contribution >= 0.6 is 0 Å². The number of anilines is 2. The van der Waals surface area contributed by atoms with Gasteiger partial charge in [0.1, 0.15) is 0 Å². The second-order valence-electron chi connectivity index (χ2n) is 3.19. The van der Waals surface area contributed by atoms with Crippen LogP contribution < -0.4 is 15.5 Å². The molecular formula is C10H9N3O. The molecule has 2 aliphatic heterocycles. The number of para-hydroxylation sites is 2. The zero-order valence-corrected chi connectivity index (χ0v) is 7.38. The number of fused-ring (bicyclic) bond motifs is 3. The summed E-state index contributed by atoms with van der Waals surface area (Å²) >= 11 is 0. The number of rotatable bonds is 0. The Labute approximate surface area is 81.3 Å². The van der Waals surface area contributed by atoms with Gasteiger partial charge in [-0.3, -0.25) is 10.2 Å². The van der Waals surface area contributed by atoms with Gasteiger partial charge in [0, 0.05) is 6.20 Å². The summed E-state index contributed by atoms with van der Waals surface area (Å²) in [5.41, 5.74) is 5.72. The molecule has 1 aromatic rings. The molecular weight excluding hydrogens is 178 g/mol. The van der Waals surface area contributed by atoms with Crippen LogP contribution in [0.5, 0.6) is 0 Å². The van der Waals surface area contributed by atoms with E-state index in [2.05, 4.69) is 5.43 Å². The number of nitrogens with zero attached hydrogens (tertiary/aromatic N) is 2. The molecule has 0 atom stereocenters. The molecule has 2 heterocycles. The van der Waals surface area contributed by atoms with Crippen molar-refractivity contribution < 1.29 is 5.21 Å². The SMILES string of the molecule is ON1C=C2C=CNN2c2ccccc21. The summed E-state index contributed by atoms with van der Waals surface area (Å²) in [6.45, 7) is 0. The highest BCUT2D eigenvalue weighted by Gasteiger charge is 2.23. The van der Waals surface area contributed by atoms with Gasteiger partial charge < -0.3 is 5.43 Å². The Morgan fingerprint density at radius 2 is 1.93 bits per heavy atom. The third-order valence-corrected chi connectivity index (χ3v) is 2.34. The van der Waals surface area contributed by atoms with Crippen LogP contribution in [0.15, 0.2) is 48.4 Å². The van der Waals surface area contributed by atoms with E-state index < -0.39 is 0 Å². The van der Waals surface area contributed by atoms with Crippen LogP contribution in [0.2, 0.25) is 0 Å². The van der Waals surface area contributed by atoms with Crippen molar-refractivity contribution in [1.29, 1.82) is 0 Å². The van der Waals surface area contributed by atoms with E-state index >= 15 is 0 Å². The first-order valence-electron chi connectivity index (χ1n) is 4.38. The normalized spacial score (nSPS) is 17.4. The van der Waals surface area contributed by atoms with E-state index in [-0.39, 0.29) is 0 Å². The minimum Gasteiger partial charge on any atom is -0.301 e. The van der Waals surface area contributed by atoms with Gasteiger partial charge in [-0.15, -0.1) is 0 Å². The first kappa shape index (κ1) is 7.46. The number of nitrogens with one attached hydrogen (secondary N) is 1. The molecule has 1 aromatic carbocycles. The van der Waals surface area contributed by atoms with Gasteiger partial charge in [-0.2, -0.15) is 0 Å². The molecule has 4 nitrogen and oxygen atoms in total. The van der Waals surface area contributed by atoms with Crippen LogP contribution in [0.25, 0.3) is 0 Å². The topological polar surface area (TPSA) is 38.7 Å². The van der Waals surface area contributed by atoms with Crippen molar-refractivity contribution in [1.82, 2.24) is 5.43 Å². The molecule has 2 aliphatic rings. The lowest BCUT2D eigenvalue weighted by molar-refractivity contribution is 0.293. The minimum atomic E-state index is 0.771. The first-order valence-corrected chi connectivity index (χ1v) is 4.38. The van der Waals surface area contributed by atoms with Gasteiger partial charge >= 0.3 is 0 Å². The second-order valence-corrected chi connectivity index (χ2v) is 3.19. The maximum absolute atomic E-state index is 9.68. The summed E-state index contributed by atoms with van der Waals surface area (Å²) in [6.07, 6.45) is 5.40. The van der Waals surface area contributed by atoms with Gasteiger partial charge in [-0.1, -0.05) is 12.1 Å². The van der Waals surface area contributed by atoms with Gasteiger partial charge in [0.2, 0.25) is 0 Å². The molecule has 0 fully saturated rings. The van der Waals surface area contributed by atoms with E-state index in [1.165, 1.54) is 0 Å². The third-order valence-electron chi connectivity index (χ3n) is 2.34. The smallest absolute Gasteiger partial charge is 0.0943 e. The fraction of sp³-hybridized carbons (Fsp3) is 0. The lowest BCUT2D eigenvalue weighted by atomic mass is 10.2. The van der Waals surface area contributed by atoms with E-state index in [1.807, 2.05) is 41.6 Å². The van der Waals surface area contributed by atoms with Crippen molar-refractivity contribution in [3.63, 3.8) is 0 Å². The molecule has 14 heavy (non-hydrogen) atoms. The molecule has 0 spiro atoms. The van der Waals surface area contributed by atoms with Crippen LogP contribution in [0.3, 0.4) is 0 Å². The van der Waals surface area contributed by atoms with Gasteiger partial charge in [-0.05, 0) is 18.2 Å². The molecule has 0 amide bonds. The van der Waals surface area contributed by atoms with E-state index in [1.54, 1.807) is 6.20 Å². The van der Waals surface area contributed by atoms with Crippen LogP contribution in [0.1, 0.15) is 0 Å². The Balaban J connectivity index is 2.18. The van der Waals surface area contributed by atoms with Gasteiger partial charge in [-0.25, -0.2) is 5.06 Å². The Bertz CT molecular complexity index is 439. The van der Waals surface area contributed by atoms with Crippen LogP contribution in [-0.2, 0) is 0 Å². The maximum atomic E-state index is 9.68. The number of hydrogen-bond acceptors (Lipinski definition) is 4. The van der Waals surface area contributed by atoms with Crippen molar-refractivity contribution in [2.45, 2.75) is 0 Å². The van der Waals surface area contributed by atoms with E-state index in [4.69, 9.17) is 0 Å². The summed E-state index contributed by atoms with van der Waals surface area (Å²) in [7, 11) is 0. The lowest BCUT2D eigenvalue weighted by Crippen LogP contribution is -2.34. The lowest BCUT2D eigenvalue weighted by Gasteiger charge is -2.30. The molecule has 0 radical (unpaired) electrons. The van der Waals surface area contributed by atoms with Gasteiger partial charge in [0.15, 0.2) is 0 Å². The highest BCUT2D eigenvalue weighted by molar-refractivity contribution is 5.77. The fourth-order valence-electron chi connectivity index (χ4n) is 1.70. The molecule has 0 saturated heterocycles. The van der Waals surface area contributed by atoms with Crippen LogP contribution in [0.4, 0.5) is 11.4 Å². The van der Waals surface area contributed by atoms with Crippen molar-refractivity contribution in [2.75, 3.05) is 10.1 Å². The molecule has 0 bridgehead atoms. The Morgan fingerprint density at radius 3 is 2.79 bits per heavy atom. The van der Waals surface area contributed by atoms with E-state index in [0.717, 1.165) is 22.1 Å².